The van der Waals surface area contributed by atoms with E-state index in [-0.39, 0.29) is 0 Å². The fourth-order valence-corrected chi connectivity index (χ4v) is 3.84. The molecule has 1 aromatic rings. The van der Waals surface area contributed by atoms with E-state index in [1.165, 1.54) is 27.9 Å². The van der Waals surface area contributed by atoms with E-state index in [1.807, 2.05) is 0 Å². The van der Waals surface area contributed by atoms with Crippen LogP contribution in [0.25, 0.3) is 0 Å². The summed E-state index contributed by atoms with van der Waals surface area (Å²) in [4.78, 5) is 7.14. The lowest BCUT2D eigenvalue weighted by atomic mass is 10.1. The largest absolute Gasteiger partial charge is 0.356 e. The van der Waals surface area contributed by atoms with E-state index in [4.69, 9.17) is 4.99 Å². The Balaban J connectivity index is 2.15. The third kappa shape index (κ3) is 1.71. The summed E-state index contributed by atoms with van der Waals surface area (Å²) in [7, 11) is 0. The highest BCUT2D eigenvalue weighted by Crippen LogP contribution is 2.35. The molecule has 0 atom stereocenters. The second-order valence-electron chi connectivity index (χ2n) is 3.94. The molecule has 0 radical (unpaired) electrons. The van der Waals surface area contributed by atoms with Gasteiger partial charge in [-0.3, -0.25) is 0 Å². The molecule has 1 aromatic carbocycles. The average Bonchev–Trinajstić information content (AvgIpc) is 2.61. The molecule has 0 aliphatic carbocycles. The number of aliphatic imine (C=N–C) groups is 1. The maximum absolute atomic E-state index is 4.74. The predicted octanol–water partition coefficient (Wildman–Crippen LogP) is 3.69. The summed E-state index contributed by atoms with van der Waals surface area (Å²) < 4.78 is 2.44. The van der Waals surface area contributed by atoms with Crippen molar-refractivity contribution in [3.63, 3.8) is 0 Å². The topological polar surface area (TPSA) is 15.6 Å². The number of hydrogen-bond donors (Lipinski definition) is 0. The third-order valence-electron chi connectivity index (χ3n) is 2.93. The van der Waals surface area contributed by atoms with Crippen LogP contribution in [-0.4, -0.2) is 17.3 Å². The number of halogens is 2. The Bertz CT molecular complexity index is 456. The molecule has 15 heavy (non-hydrogen) atoms. The highest BCUT2D eigenvalue weighted by molar-refractivity contribution is 14.1. The van der Waals surface area contributed by atoms with Gasteiger partial charge in [0.1, 0.15) is 5.84 Å². The molecule has 0 spiro atoms. The normalized spacial score (nSPS) is 18.5. The van der Waals surface area contributed by atoms with Crippen LogP contribution in [0.15, 0.2) is 21.6 Å². The quantitative estimate of drug-likeness (QED) is 0.630. The van der Waals surface area contributed by atoms with Crippen molar-refractivity contribution in [2.75, 3.05) is 6.54 Å². The Morgan fingerprint density at radius 1 is 1.40 bits per heavy atom. The van der Waals surface area contributed by atoms with E-state index in [2.05, 4.69) is 55.6 Å². The van der Waals surface area contributed by atoms with Gasteiger partial charge in [-0.25, -0.2) is 4.99 Å². The summed E-state index contributed by atoms with van der Waals surface area (Å²) in [5.41, 5.74) is 2.53. The van der Waals surface area contributed by atoms with Crippen LogP contribution in [0, 0.1) is 3.57 Å². The first-order valence-electron chi connectivity index (χ1n) is 5.04. The van der Waals surface area contributed by atoms with Gasteiger partial charge in [0, 0.05) is 33.1 Å². The molecule has 3 rings (SSSR count). The van der Waals surface area contributed by atoms with Crippen molar-refractivity contribution >= 4 is 50.0 Å². The molecule has 0 aromatic heterocycles. The van der Waals surface area contributed by atoms with Crippen molar-refractivity contribution in [1.29, 1.82) is 0 Å². The zero-order valence-electron chi connectivity index (χ0n) is 8.13. The molecule has 0 bridgehead atoms. The number of rotatable bonds is 0. The van der Waals surface area contributed by atoms with Crippen molar-refractivity contribution in [2.45, 2.75) is 19.4 Å². The molecular formula is C11H10BrIN2. The SMILES string of the molecule is Brc1cc(I)c2c(c1)N=C1CCCN1C2. The van der Waals surface area contributed by atoms with E-state index < -0.39 is 0 Å². The molecule has 1 saturated heterocycles. The number of benzene rings is 1. The number of nitrogens with zero attached hydrogens (tertiary/aromatic N) is 2. The highest BCUT2D eigenvalue weighted by Gasteiger charge is 2.25. The lowest BCUT2D eigenvalue weighted by Gasteiger charge is -2.25. The molecule has 4 heteroatoms. The molecule has 0 amide bonds. The molecule has 2 aliphatic rings. The van der Waals surface area contributed by atoms with Crippen molar-refractivity contribution in [1.82, 2.24) is 4.90 Å². The maximum Gasteiger partial charge on any atom is 0.105 e. The van der Waals surface area contributed by atoms with Crippen molar-refractivity contribution in [2.24, 2.45) is 4.99 Å². The smallest absolute Gasteiger partial charge is 0.105 e. The van der Waals surface area contributed by atoms with Gasteiger partial charge in [-0.1, -0.05) is 15.9 Å². The van der Waals surface area contributed by atoms with Crippen LogP contribution < -0.4 is 0 Å². The van der Waals surface area contributed by atoms with Gasteiger partial charge < -0.3 is 4.90 Å². The maximum atomic E-state index is 4.74. The zero-order chi connectivity index (χ0) is 10.4. The predicted molar refractivity (Wildman–Crippen MR) is 73.6 cm³/mol. The number of fused-ring (bicyclic) bond motifs is 2. The van der Waals surface area contributed by atoms with Crippen LogP contribution in [0.3, 0.4) is 0 Å². The van der Waals surface area contributed by atoms with Crippen LogP contribution in [0.2, 0.25) is 0 Å². The molecule has 2 heterocycles. The summed E-state index contributed by atoms with van der Waals surface area (Å²) in [6.45, 7) is 2.21. The van der Waals surface area contributed by atoms with Gasteiger partial charge in [-0.2, -0.15) is 0 Å². The number of hydrogen-bond acceptors (Lipinski definition) is 2. The molecule has 0 saturated carbocycles. The highest BCUT2D eigenvalue weighted by atomic mass is 127. The fraction of sp³-hybridized carbons (Fsp3) is 0.364. The Morgan fingerprint density at radius 3 is 3.13 bits per heavy atom. The number of amidine groups is 1. The van der Waals surface area contributed by atoms with Crippen LogP contribution in [0.5, 0.6) is 0 Å². The molecule has 1 fully saturated rings. The van der Waals surface area contributed by atoms with Gasteiger partial charge >= 0.3 is 0 Å². The zero-order valence-corrected chi connectivity index (χ0v) is 11.9. The van der Waals surface area contributed by atoms with Gasteiger partial charge in [-0.05, 0) is 41.1 Å². The van der Waals surface area contributed by atoms with Gasteiger partial charge in [0.2, 0.25) is 0 Å². The lowest BCUT2D eigenvalue weighted by Crippen LogP contribution is -2.27. The summed E-state index contributed by atoms with van der Waals surface area (Å²) in [5, 5.41) is 0. The van der Waals surface area contributed by atoms with Crippen molar-refractivity contribution in [3.05, 3.63) is 25.7 Å². The summed E-state index contributed by atoms with van der Waals surface area (Å²) in [6.07, 6.45) is 2.40. The van der Waals surface area contributed by atoms with E-state index in [0.29, 0.717) is 0 Å². The standard InChI is InChI=1S/C11H10BrIN2/c12-7-4-9(13)8-6-15-3-1-2-11(15)14-10(8)5-7/h4-5H,1-3,6H2. The van der Waals surface area contributed by atoms with Gasteiger partial charge in [-0.15, -0.1) is 0 Å². The van der Waals surface area contributed by atoms with Gasteiger partial charge in [0.25, 0.3) is 0 Å². The van der Waals surface area contributed by atoms with Crippen molar-refractivity contribution in [3.8, 4) is 0 Å². The van der Waals surface area contributed by atoms with Gasteiger partial charge in [0.05, 0.1) is 5.69 Å². The summed E-state index contributed by atoms with van der Waals surface area (Å²) >= 11 is 5.92. The van der Waals surface area contributed by atoms with E-state index in [0.717, 1.165) is 23.1 Å². The second kappa shape index (κ2) is 3.73. The van der Waals surface area contributed by atoms with E-state index in [1.54, 1.807) is 0 Å². The summed E-state index contributed by atoms with van der Waals surface area (Å²) in [5.74, 6) is 1.27. The first kappa shape index (κ1) is 10.1. The molecule has 78 valence electrons. The van der Waals surface area contributed by atoms with Gasteiger partial charge in [0.15, 0.2) is 0 Å². The minimum atomic E-state index is 1.04. The molecule has 0 N–H and O–H groups in total. The Morgan fingerprint density at radius 2 is 2.27 bits per heavy atom. The van der Waals surface area contributed by atoms with Crippen LogP contribution in [-0.2, 0) is 6.54 Å². The Kier molecular flexibility index (Phi) is 2.51. The first-order chi connectivity index (χ1) is 7.24. The monoisotopic (exact) mass is 376 g/mol. The average molecular weight is 377 g/mol. The molecular weight excluding hydrogens is 367 g/mol. The molecule has 2 aliphatic heterocycles. The van der Waals surface area contributed by atoms with Crippen LogP contribution in [0.4, 0.5) is 5.69 Å². The van der Waals surface area contributed by atoms with Crippen LogP contribution in [0.1, 0.15) is 18.4 Å². The van der Waals surface area contributed by atoms with Crippen molar-refractivity contribution < 1.29 is 0 Å². The Labute approximate surface area is 111 Å². The lowest BCUT2D eigenvalue weighted by molar-refractivity contribution is 0.442. The minimum absolute atomic E-state index is 1.04. The molecule has 2 nitrogen and oxygen atoms in total. The third-order valence-corrected chi connectivity index (χ3v) is 4.35. The fourth-order valence-electron chi connectivity index (χ4n) is 2.19. The minimum Gasteiger partial charge on any atom is -0.356 e. The second-order valence-corrected chi connectivity index (χ2v) is 6.02. The van der Waals surface area contributed by atoms with E-state index >= 15 is 0 Å². The van der Waals surface area contributed by atoms with E-state index in [9.17, 15) is 0 Å². The molecule has 0 unspecified atom stereocenters. The Hall–Kier alpha value is -0.100. The summed E-state index contributed by atoms with van der Waals surface area (Å²) in [6, 6.07) is 4.29. The van der Waals surface area contributed by atoms with Crippen LogP contribution >= 0.6 is 38.5 Å². The first-order valence-corrected chi connectivity index (χ1v) is 6.91.